The first-order valence-corrected chi connectivity index (χ1v) is 7.99. The fourth-order valence-corrected chi connectivity index (χ4v) is 2.55. The zero-order valence-electron chi connectivity index (χ0n) is 12.8. The summed E-state index contributed by atoms with van der Waals surface area (Å²) < 4.78 is 11.0. The first-order chi connectivity index (χ1) is 11.8. The van der Waals surface area contributed by atoms with Crippen LogP contribution in [0.2, 0.25) is 5.28 Å². The van der Waals surface area contributed by atoms with Gasteiger partial charge >= 0.3 is 0 Å². The minimum atomic E-state index is 0.213. The van der Waals surface area contributed by atoms with Crippen LogP contribution in [0.25, 0.3) is 10.8 Å². The number of nitrogens with one attached hydrogen (secondary N) is 1. The summed E-state index contributed by atoms with van der Waals surface area (Å²) in [5, 5.41) is 5.46. The maximum absolute atomic E-state index is 5.83. The number of benzene rings is 1. The van der Waals surface area contributed by atoms with Gasteiger partial charge in [0.15, 0.2) is 0 Å². The molecule has 6 nitrogen and oxygen atoms in total. The zero-order valence-corrected chi connectivity index (χ0v) is 13.5. The highest BCUT2D eigenvalue weighted by Gasteiger charge is 2.18. The van der Waals surface area contributed by atoms with Crippen molar-refractivity contribution in [2.24, 2.45) is 5.92 Å². The molecule has 24 heavy (non-hydrogen) atoms. The molecule has 122 valence electrons. The summed E-state index contributed by atoms with van der Waals surface area (Å²) in [6.45, 7) is 2.26. The van der Waals surface area contributed by atoms with E-state index < -0.39 is 0 Å². The van der Waals surface area contributed by atoms with Gasteiger partial charge in [-0.3, -0.25) is 0 Å². The second-order valence-electron chi connectivity index (χ2n) is 5.62. The fraction of sp³-hybridized carbons (Fsp3) is 0.235. The van der Waals surface area contributed by atoms with Crippen LogP contribution in [0.15, 0.2) is 42.9 Å². The Kier molecular flexibility index (Phi) is 4.15. The van der Waals surface area contributed by atoms with Gasteiger partial charge in [0.1, 0.15) is 11.6 Å². The number of anilines is 2. The van der Waals surface area contributed by atoms with Crippen LogP contribution in [-0.2, 0) is 4.74 Å². The van der Waals surface area contributed by atoms with Gasteiger partial charge in [-0.2, -0.15) is 0 Å². The van der Waals surface area contributed by atoms with Crippen LogP contribution in [0.4, 0.5) is 11.5 Å². The fourth-order valence-electron chi connectivity index (χ4n) is 2.45. The second kappa shape index (κ2) is 6.59. The lowest BCUT2D eigenvalue weighted by atomic mass is 10.1. The smallest absolute Gasteiger partial charge is 0.222 e. The van der Waals surface area contributed by atoms with E-state index in [1.54, 1.807) is 18.6 Å². The van der Waals surface area contributed by atoms with Gasteiger partial charge < -0.3 is 14.8 Å². The van der Waals surface area contributed by atoms with E-state index >= 15 is 0 Å². The summed E-state index contributed by atoms with van der Waals surface area (Å²) in [4.78, 5) is 12.3. The van der Waals surface area contributed by atoms with Gasteiger partial charge in [0.25, 0.3) is 0 Å². The molecule has 0 spiro atoms. The first kappa shape index (κ1) is 15.1. The molecule has 1 aliphatic rings. The number of halogens is 1. The van der Waals surface area contributed by atoms with Gasteiger partial charge in [0, 0.05) is 17.5 Å². The standard InChI is InChI=1S/C17H15ClN4O2/c18-17-20-6-13(7-21-17)22-16-15-2-1-14(5-12(15)3-4-19-16)24-10-11-8-23-9-11/h1-7,11H,8-10H2,(H,19,22). The molecular formula is C17H15ClN4O2. The van der Waals surface area contributed by atoms with Crippen molar-refractivity contribution in [1.82, 2.24) is 15.0 Å². The molecule has 0 saturated carbocycles. The molecule has 1 saturated heterocycles. The second-order valence-corrected chi connectivity index (χ2v) is 5.96. The van der Waals surface area contributed by atoms with Gasteiger partial charge in [-0.1, -0.05) is 0 Å². The average molecular weight is 343 g/mol. The Morgan fingerprint density at radius 3 is 2.75 bits per heavy atom. The van der Waals surface area contributed by atoms with Crippen molar-refractivity contribution in [2.45, 2.75) is 0 Å². The Balaban J connectivity index is 1.56. The molecule has 0 atom stereocenters. The van der Waals surface area contributed by atoms with E-state index in [9.17, 15) is 0 Å². The predicted molar refractivity (Wildman–Crippen MR) is 91.9 cm³/mol. The number of pyridine rings is 1. The van der Waals surface area contributed by atoms with Crippen LogP contribution >= 0.6 is 11.6 Å². The molecule has 3 heterocycles. The molecule has 1 aliphatic heterocycles. The average Bonchev–Trinajstić information content (AvgIpc) is 2.56. The van der Waals surface area contributed by atoms with E-state index in [-0.39, 0.29) is 5.28 Å². The van der Waals surface area contributed by atoms with E-state index in [1.807, 2.05) is 24.3 Å². The lowest BCUT2D eigenvalue weighted by Crippen LogP contribution is -2.32. The molecule has 0 aliphatic carbocycles. The van der Waals surface area contributed by atoms with Crippen LogP contribution in [0.3, 0.4) is 0 Å². The first-order valence-electron chi connectivity index (χ1n) is 7.62. The topological polar surface area (TPSA) is 69.2 Å². The molecule has 3 aromatic rings. The van der Waals surface area contributed by atoms with Gasteiger partial charge in [0.2, 0.25) is 5.28 Å². The Hall–Kier alpha value is -2.44. The highest BCUT2D eigenvalue weighted by molar-refractivity contribution is 6.28. The quantitative estimate of drug-likeness (QED) is 0.716. The van der Waals surface area contributed by atoms with Crippen LogP contribution < -0.4 is 10.1 Å². The number of hydrogen-bond acceptors (Lipinski definition) is 6. The van der Waals surface area contributed by atoms with Gasteiger partial charge in [-0.15, -0.1) is 0 Å². The highest BCUT2D eigenvalue weighted by Crippen LogP contribution is 2.27. The summed E-state index contributed by atoms with van der Waals surface area (Å²) in [6.07, 6.45) is 4.99. The van der Waals surface area contributed by atoms with Gasteiger partial charge in [0.05, 0.1) is 37.9 Å². The third-order valence-corrected chi connectivity index (χ3v) is 4.01. The van der Waals surface area contributed by atoms with E-state index in [4.69, 9.17) is 21.1 Å². The van der Waals surface area contributed by atoms with E-state index in [0.717, 1.165) is 41.2 Å². The molecule has 0 amide bonds. The minimum Gasteiger partial charge on any atom is -0.493 e. The molecule has 2 aromatic heterocycles. The summed E-state index contributed by atoms with van der Waals surface area (Å²) in [6, 6.07) is 7.92. The van der Waals surface area contributed by atoms with Crippen molar-refractivity contribution in [3.05, 3.63) is 48.1 Å². The van der Waals surface area contributed by atoms with Gasteiger partial charge in [-0.05, 0) is 41.3 Å². The Labute approximate surface area is 143 Å². The van der Waals surface area contributed by atoms with Crippen molar-refractivity contribution in [2.75, 3.05) is 25.1 Å². The maximum atomic E-state index is 5.83. The van der Waals surface area contributed by atoms with Crippen LogP contribution in [-0.4, -0.2) is 34.8 Å². The summed E-state index contributed by atoms with van der Waals surface area (Å²) in [5.74, 6) is 2.08. The lowest BCUT2D eigenvalue weighted by molar-refractivity contribution is -0.0508. The maximum Gasteiger partial charge on any atom is 0.222 e. The molecule has 4 rings (SSSR count). The predicted octanol–water partition coefficient (Wildman–Crippen LogP) is 3.45. The summed E-state index contributed by atoms with van der Waals surface area (Å²) in [7, 11) is 0. The Morgan fingerprint density at radius 2 is 2.00 bits per heavy atom. The third-order valence-electron chi connectivity index (χ3n) is 3.81. The molecule has 0 unspecified atom stereocenters. The Bertz CT molecular complexity index is 853. The normalized spacial score (nSPS) is 14.4. The number of aromatic nitrogens is 3. The van der Waals surface area contributed by atoms with Crippen molar-refractivity contribution in [1.29, 1.82) is 0 Å². The number of ether oxygens (including phenoxy) is 2. The van der Waals surface area contributed by atoms with Crippen molar-refractivity contribution in [3.63, 3.8) is 0 Å². The molecular weight excluding hydrogens is 328 g/mol. The number of hydrogen-bond donors (Lipinski definition) is 1. The van der Waals surface area contributed by atoms with E-state index in [2.05, 4.69) is 20.3 Å². The summed E-state index contributed by atoms with van der Waals surface area (Å²) >= 11 is 5.71. The van der Waals surface area contributed by atoms with Crippen LogP contribution in [0.1, 0.15) is 0 Å². The minimum absolute atomic E-state index is 0.213. The van der Waals surface area contributed by atoms with E-state index in [0.29, 0.717) is 12.5 Å². The summed E-state index contributed by atoms with van der Waals surface area (Å²) in [5.41, 5.74) is 0.727. The molecule has 0 radical (unpaired) electrons. The molecule has 1 fully saturated rings. The zero-order chi connectivity index (χ0) is 16.4. The molecule has 7 heteroatoms. The van der Waals surface area contributed by atoms with Gasteiger partial charge in [-0.25, -0.2) is 15.0 Å². The van der Waals surface area contributed by atoms with Crippen molar-refractivity contribution >= 4 is 33.9 Å². The number of fused-ring (bicyclic) bond motifs is 1. The van der Waals surface area contributed by atoms with Crippen molar-refractivity contribution < 1.29 is 9.47 Å². The lowest BCUT2D eigenvalue weighted by Gasteiger charge is -2.25. The third kappa shape index (κ3) is 3.25. The monoisotopic (exact) mass is 342 g/mol. The number of rotatable bonds is 5. The van der Waals surface area contributed by atoms with Crippen LogP contribution in [0.5, 0.6) is 5.75 Å². The number of nitrogens with zero attached hydrogens (tertiary/aromatic N) is 3. The van der Waals surface area contributed by atoms with E-state index in [1.165, 1.54) is 0 Å². The van der Waals surface area contributed by atoms with Crippen molar-refractivity contribution in [3.8, 4) is 5.75 Å². The highest BCUT2D eigenvalue weighted by atomic mass is 35.5. The Morgan fingerprint density at radius 1 is 1.17 bits per heavy atom. The SMILES string of the molecule is Clc1ncc(Nc2nccc3cc(OCC4COC4)ccc23)cn1. The molecule has 0 bridgehead atoms. The molecule has 1 N–H and O–H groups in total. The molecule has 1 aromatic carbocycles. The van der Waals surface area contributed by atoms with Crippen LogP contribution in [0, 0.1) is 5.92 Å². The largest absolute Gasteiger partial charge is 0.493 e.